The van der Waals surface area contributed by atoms with E-state index in [0.717, 1.165) is 23.2 Å². The Balaban J connectivity index is 1.73. The molecular formula is C24H25ClN2O2S. The number of nitrogens with one attached hydrogen (secondary N) is 1. The van der Waals surface area contributed by atoms with Gasteiger partial charge in [0.1, 0.15) is 0 Å². The number of fused-ring (bicyclic) bond motifs is 3. The zero-order valence-electron chi connectivity index (χ0n) is 16.7. The number of hydrogen-bond acceptors (Lipinski definition) is 3. The third kappa shape index (κ3) is 3.73. The van der Waals surface area contributed by atoms with Gasteiger partial charge in [0.2, 0.25) is 10.0 Å². The number of nitrogens with zero attached hydrogens (tertiary/aromatic N) is 1. The van der Waals surface area contributed by atoms with Gasteiger partial charge in [-0.1, -0.05) is 48.0 Å². The van der Waals surface area contributed by atoms with Gasteiger partial charge in [0.05, 0.1) is 10.9 Å². The number of sulfonamides is 1. The van der Waals surface area contributed by atoms with Crippen molar-refractivity contribution < 1.29 is 8.42 Å². The maximum absolute atomic E-state index is 13.2. The summed E-state index contributed by atoms with van der Waals surface area (Å²) in [6, 6.07) is 13.4. The van der Waals surface area contributed by atoms with Crippen molar-refractivity contribution >= 4 is 27.3 Å². The van der Waals surface area contributed by atoms with Gasteiger partial charge in [0.15, 0.2) is 0 Å². The zero-order chi connectivity index (χ0) is 21.3. The zero-order valence-corrected chi connectivity index (χ0v) is 18.2. The van der Waals surface area contributed by atoms with E-state index in [2.05, 4.69) is 36.7 Å². The Bertz CT molecular complexity index is 1100. The lowest BCUT2D eigenvalue weighted by Crippen LogP contribution is -2.32. The summed E-state index contributed by atoms with van der Waals surface area (Å²) in [5, 5.41) is 4.35. The fourth-order valence-corrected chi connectivity index (χ4v) is 6.09. The number of allylic oxidation sites excluding steroid dienone is 2. The molecule has 2 aromatic rings. The Labute approximate surface area is 183 Å². The Morgan fingerprint density at radius 1 is 1.13 bits per heavy atom. The summed E-state index contributed by atoms with van der Waals surface area (Å²) in [4.78, 5) is 0.298. The van der Waals surface area contributed by atoms with E-state index in [1.54, 1.807) is 18.2 Å². The smallest absolute Gasteiger partial charge is 0.243 e. The van der Waals surface area contributed by atoms with Crippen LogP contribution in [0, 0.1) is 5.92 Å². The minimum absolute atomic E-state index is 0.122. The molecule has 6 heteroatoms. The van der Waals surface area contributed by atoms with Gasteiger partial charge in [0.25, 0.3) is 0 Å². The van der Waals surface area contributed by atoms with E-state index >= 15 is 0 Å². The van der Waals surface area contributed by atoms with Crippen molar-refractivity contribution in [2.24, 2.45) is 5.92 Å². The molecule has 1 aliphatic heterocycles. The first kappa shape index (κ1) is 20.9. The van der Waals surface area contributed by atoms with E-state index in [1.807, 2.05) is 30.3 Å². The molecule has 3 unspecified atom stereocenters. The molecule has 1 aliphatic carbocycles. The molecule has 0 saturated carbocycles. The molecule has 3 atom stereocenters. The number of halogens is 1. The van der Waals surface area contributed by atoms with Gasteiger partial charge >= 0.3 is 0 Å². The monoisotopic (exact) mass is 440 g/mol. The first-order chi connectivity index (χ1) is 14.5. The lowest BCUT2D eigenvalue weighted by atomic mass is 9.77. The highest BCUT2D eigenvalue weighted by molar-refractivity contribution is 7.89. The summed E-state index contributed by atoms with van der Waals surface area (Å²) >= 11 is 6.23. The van der Waals surface area contributed by atoms with Crippen LogP contribution in [0.25, 0.3) is 0 Å². The minimum Gasteiger partial charge on any atom is -0.378 e. The van der Waals surface area contributed by atoms with Gasteiger partial charge in [-0.3, -0.25) is 0 Å². The number of rotatable bonds is 7. The summed E-state index contributed by atoms with van der Waals surface area (Å²) < 4.78 is 27.8. The lowest BCUT2D eigenvalue weighted by Gasteiger charge is -2.38. The highest BCUT2D eigenvalue weighted by Crippen LogP contribution is 2.50. The van der Waals surface area contributed by atoms with Crippen LogP contribution in [-0.2, 0) is 10.0 Å². The summed E-state index contributed by atoms with van der Waals surface area (Å²) in [5.74, 6) is 0.471. The topological polar surface area (TPSA) is 49.4 Å². The van der Waals surface area contributed by atoms with Crippen molar-refractivity contribution in [2.45, 2.75) is 23.3 Å². The largest absolute Gasteiger partial charge is 0.378 e. The Kier molecular flexibility index (Phi) is 5.87. The first-order valence-corrected chi connectivity index (χ1v) is 11.8. The Hall–Kier alpha value is -2.34. The molecule has 2 aromatic carbocycles. The van der Waals surface area contributed by atoms with Gasteiger partial charge in [0, 0.05) is 29.7 Å². The van der Waals surface area contributed by atoms with Crippen LogP contribution in [0.15, 0.2) is 84.8 Å². The van der Waals surface area contributed by atoms with Crippen molar-refractivity contribution in [1.82, 2.24) is 4.31 Å². The van der Waals surface area contributed by atoms with Crippen LogP contribution in [0.4, 0.5) is 5.69 Å². The predicted molar refractivity (Wildman–Crippen MR) is 123 cm³/mol. The molecule has 0 radical (unpaired) electrons. The quantitative estimate of drug-likeness (QED) is 0.576. The third-order valence-electron chi connectivity index (χ3n) is 5.85. The Morgan fingerprint density at radius 3 is 2.60 bits per heavy atom. The molecule has 0 amide bonds. The molecule has 30 heavy (non-hydrogen) atoms. The minimum atomic E-state index is -3.64. The molecule has 2 aliphatic rings. The predicted octanol–water partition coefficient (Wildman–Crippen LogP) is 5.53. The van der Waals surface area contributed by atoms with Crippen LogP contribution in [0.3, 0.4) is 0 Å². The highest BCUT2D eigenvalue weighted by Gasteiger charge is 2.38. The maximum Gasteiger partial charge on any atom is 0.243 e. The van der Waals surface area contributed by atoms with Gasteiger partial charge < -0.3 is 5.32 Å². The molecule has 156 valence electrons. The standard InChI is InChI=1S/C24H25ClN2O2S/c1-3-13-27(14-4-2)30(28,29)19-11-12-23-22(16-19)20-9-6-10-21(20)24(26-23)17-7-5-8-18(25)15-17/h3-9,11-12,15-16,20-21,24,26H,1-2,10,13-14H2. The van der Waals surface area contributed by atoms with E-state index in [1.165, 1.54) is 4.31 Å². The van der Waals surface area contributed by atoms with Crippen LogP contribution in [0.5, 0.6) is 0 Å². The molecule has 1 heterocycles. The molecule has 0 aromatic heterocycles. The number of benzene rings is 2. The molecule has 0 spiro atoms. The number of hydrogen-bond donors (Lipinski definition) is 1. The normalized spacial score (nSPS) is 22.3. The summed E-state index contributed by atoms with van der Waals surface area (Å²) in [7, 11) is -3.64. The van der Waals surface area contributed by atoms with Crippen molar-refractivity contribution in [3.8, 4) is 0 Å². The van der Waals surface area contributed by atoms with Crippen molar-refractivity contribution in [2.75, 3.05) is 18.4 Å². The van der Waals surface area contributed by atoms with Crippen molar-refractivity contribution in [3.63, 3.8) is 0 Å². The second kappa shape index (κ2) is 8.42. The van der Waals surface area contributed by atoms with Crippen molar-refractivity contribution in [3.05, 3.63) is 96.1 Å². The lowest BCUT2D eigenvalue weighted by molar-refractivity contribution is 0.424. The second-order valence-corrected chi connectivity index (χ2v) is 10.1. The molecule has 4 nitrogen and oxygen atoms in total. The van der Waals surface area contributed by atoms with Gasteiger partial charge in [-0.2, -0.15) is 4.31 Å². The molecule has 1 N–H and O–H groups in total. The van der Waals surface area contributed by atoms with Gasteiger partial charge in [-0.25, -0.2) is 8.42 Å². The molecule has 0 saturated heterocycles. The van der Waals surface area contributed by atoms with E-state index in [0.29, 0.717) is 15.8 Å². The molecular weight excluding hydrogens is 416 g/mol. The van der Waals surface area contributed by atoms with Crippen molar-refractivity contribution in [1.29, 1.82) is 0 Å². The fraction of sp³-hybridized carbons (Fsp3) is 0.250. The molecule has 4 rings (SSSR count). The Morgan fingerprint density at radius 2 is 1.90 bits per heavy atom. The summed E-state index contributed by atoms with van der Waals surface area (Å²) in [6.45, 7) is 7.84. The average molecular weight is 441 g/mol. The van der Waals surface area contributed by atoms with Gasteiger partial charge in [-0.05, 0) is 53.8 Å². The molecule has 0 fully saturated rings. The van der Waals surface area contributed by atoms with Crippen LogP contribution in [0.2, 0.25) is 5.02 Å². The highest BCUT2D eigenvalue weighted by atomic mass is 35.5. The summed E-state index contributed by atoms with van der Waals surface area (Å²) in [5.41, 5.74) is 3.13. The van der Waals surface area contributed by atoms with Crippen LogP contribution in [0.1, 0.15) is 29.5 Å². The summed E-state index contributed by atoms with van der Waals surface area (Å²) in [6.07, 6.45) is 8.50. The number of anilines is 1. The van der Waals surface area contributed by atoms with Gasteiger partial charge in [-0.15, -0.1) is 13.2 Å². The third-order valence-corrected chi connectivity index (χ3v) is 7.91. The second-order valence-electron chi connectivity index (χ2n) is 7.68. The first-order valence-electron chi connectivity index (χ1n) is 10.00. The van der Waals surface area contributed by atoms with E-state index in [4.69, 9.17) is 11.6 Å². The van der Waals surface area contributed by atoms with Crippen LogP contribution in [-0.4, -0.2) is 25.8 Å². The SMILES string of the molecule is C=CCN(CC=C)S(=O)(=O)c1ccc2c(c1)C1C=CCC1C(c1cccc(Cl)c1)N2. The average Bonchev–Trinajstić information content (AvgIpc) is 3.23. The van der Waals surface area contributed by atoms with Crippen LogP contribution < -0.4 is 5.32 Å². The van der Waals surface area contributed by atoms with Crippen LogP contribution >= 0.6 is 11.6 Å². The van der Waals surface area contributed by atoms with E-state index in [-0.39, 0.29) is 25.0 Å². The fourth-order valence-electron chi connectivity index (χ4n) is 4.47. The molecule has 0 bridgehead atoms. The van der Waals surface area contributed by atoms with E-state index < -0.39 is 10.0 Å². The maximum atomic E-state index is 13.2. The van der Waals surface area contributed by atoms with E-state index in [9.17, 15) is 8.42 Å².